The van der Waals surface area contributed by atoms with Gasteiger partial charge in [-0.1, -0.05) is 54.6 Å². The molecular formula is C21H17N3O3S. The molecule has 0 saturated carbocycles. The van der Waals surface area contributed by atoms with Crippen LogP contribution in [-0.2, 0) is 17.4 Å². The average molecular weight is 391 g/mol. The van der Waals surface area contributed by atoms with Gasteiger partial charge in [-0.15, -0.1) is 0 Å². The Kier molecular flexibility index (Phi) is 5.01. The van der Waals surface area contributed by atoms with Gasteiger partial charge in [-0.05, 0) is 29.8 Å². The lowest BCUT2D eigenvalue weighted by Gasteiger charge is -2.12. The number of fused-ring (bicyclic) bond motifs is 1. The van der Waals surface area contributed by atoms with Gasteiger partial charge in [-0.3, -0.25) is 4.79 Å². The lowest BCUT2D eigenvalue weighted by molar-refractivity contribution is 0.601. The average Bonchev–Trinajstić information content (AvgIpc) is 2.73. The Balaban J connectivity index is 1.93. The molecule has 140 valence electrons. The highest BCUT2D eigenvalue weighted by molar-refractivity contribution is 7.70. The fraction of sp³-hybridized carbons (Fsp3) is 0.0476. The van der Waals surface area contributed by atoms with Gasteiger partial charge in [0, 0.05) is 17.5 Å². The third-order valence-electron chi connectivity index (χ3n) is 4.42. The molecule has 7 heteroatoms. The molecular weight excluding hydrogens is 374 g/mol. The highest BCUT2D eigenvalue weighted by Gasteiger charge is 2.13. The predicted molar refractivity (Wildman–Crippen MR) is 110 cm³/mol. The van der Waals surface area contributed by atoms with E-state index in [9.17, 15) is 13.2 Å². The van der Waals surface area contributed by atoms with Gasteiger partial charge in [0.1, 0.15) is 0 Å². The Morgan fingerprint density at radius 1 is 0.857 bits per heavy atom. The number of rotatable bonds is 5. The monoisotopic (exact) mass is 391 g/mol. The lowest BCUT2D eigenvalue weighted by Crippen LogP contribution is -2.22. The molecule has 6 nitrogen and oxygen atoms in total. The van der Waals surface area contributed by atoms with Crippen LogP contribution in [0.4, 0.5) is 0 Å². The molecule has 4 aromatic rings. The van der Waals surface area contributed by atoms with Crippen LogP contribution in [0.2, 0.25) is 0 Å². The Morgan fingerprint density at radius 3 is 2.32 bits per heavy atom. The minimum Gasteiger partial charge on any atom is -0.267 e. The fourth-order valence-electron chi connectivity index (χ4n) is 3.13. The fourth-order valence-corrected chi connectivity index (χ4v) is 3.44. The number of hydrogen-bond donors (Lipinski definition) is 2. The number of aromatic nitrogens is 2. The van der Waals surface area contributed by atoms with Crippen LogP contribution in [0.15, 0.2) is 83.7 Å². The van der Waals surface area contributed by atoms with Crippen molar-refractivity contribution >= 4 is 21.7 Å². The summed E-state index contributed by atoms with van der Waals surface area (Å²) in [4.78, 5) is 13.0. The van der Waals surface area contributed by atoms with Gasteiger partial charge in [0.2, 0.25) is 10.9 Å². The van der Waals surface area contributed by atoms with Crippen molar-refractivity contribution in [2.45, 2.75) is 6.54 Å². The van der Waals surface area contributed by atoms with Crippen LogP contribution >= 0.6 is 0 Å². The molecule has 1 N–H and O–H groups in total. The van der Waals surface area contributed by atoms with Gasteiger partial charge in [0.25, 0.3) is 5.56 Å². The number of nitrogens with one attached hydrogen (secondary N) is 1. The first kappa shape index (κ1) is 18.1. The molecule has 0 aliphatic carbocycles. The maximum absolute atomic E-state index is 13.0. The van der Waals surface area contributed by atoms with Crippen molar-refractivity contribution in [3.63, 3.8) is 0 Å². The minimum atomic E-state index is -2.67. The SMILES string of the molecule is O=c1c2ccccc2c(-c2cccc(CN[SH](=O)=O)c2)nn1-c1ccccc1. The Bertz CT molecular complexity index is 1270. The molecule has 0 aliphatic heterocycles. The summed E-state index contributed by atoms with van der Waals surface area (Å²) in [6, 6.07) is 24.1. The molecule has 0 bridgehead atoms. The molecule has 0 amide bonds. The van der Waals surface area contributed by atoms with E-state index in [2.05, 4.69) is 9.82 Å². The zero-order valence-corrected chi connectivity index (χ0v) is 15.7. The second kappa shape index (κ2) is 7.75. The molecule has 1 heterocycles. The largest absolute Gasteiger partial charge is 0.279 e. The summed E-state index contributed by atoms with van der Waals surface area (Å²) in [7, 11) is -2.67. The highest BCUT2D eigenvalue weighted by Crippen LogP contribution is 2.26. The number of benzene rings is 3. The second-order valence-electron chi connectivity index (χ2n) is 6.24. The smallest absolute Gasteiger partial charge is 0.267 e. The quantitative estimate of drug-likeness (QED) is 0.513. The molecule has 4 rings (SSSR count). The Hall–Kier alpha value is -3.29. The number of thiol groups is 1. The van der Waals surface area contributed by atoms with Crippen LogP contribution in [-0.4, -0.2) is 18.2 Å². The number of hydrogen-bond acceptors (Lipinski definition) is 4. The summed E-state index contributed by atoms with van der Waals surface area (Å²) in [5.41, 5.74) is 2.76. The first-order valence-electron chi connectivity index (χ1n) is 8.68. The van der Waals surface area contributed by atoms with Gasteiger partial charge in [-0.25, -0.2) is 13.1 Å². The van der Waals surface area contributed by atoms with Gasteiger partial charge in [0.15, 0.2) is 0 Å². The lowest BCUT2D eigenvalue weighted by atomic mass is 10.0. The van der Waals surface area contributed by atoms with E-state index in [1.807, 2.05) is 72.8 Å². The second-order valence-corrected chi connectivity index (χ2v) is 7.07. The van der Waals surface area contributed by atoms with E-state index in [0.717, 1.165) is 16.5 Å². The van der Waals surface area contributed by atoms with E-state index in [4.69, 9.17) is 0 Å². The normalized spacial score (nSPS) is 11.2. The zero-order valence-electron chi connectivity index (χ0n) is 14.8. The van der Waals surface area contributed by atoms with Crippen LogP contribution in [0.25, 0.3) is 27.7 Å². The maximum atomic E-state index is 13.0. The first-order valence-corrected chi connectivity index (χ1v) is 9.86. The van der Waals surface area contributed by atoms with E-state index in [0.29, 0.717) is 16.8 Å². The van der Waals surface area contributed by atoms with Crippen molar-refractivity contribution in [1.29, 1.82) is 0 Å². The summed E-state index contributed by atoms with van der Waals surface area (Å²) in [5, 5.41) is 5.96. The van der Waals surface area contributed by atoms with Crippen molar-refractivity contribution in [3.05, 3.63) is 94.8 Å². The van der Waals surface area contributed by atoms with E-state index < -0.39 is 10.9 Å². The van der Waals surface area contributed by atoms with Crippen LogP contribution in [0, 0.1) is 0 Å². The summed E-state index contributed by atoms with van der Waals surface area (Å²) in [5.74, 6) is 0. The maximum Gasteiger partial charge on any atom is 0.279 e. The van der Waals surface area contributed by atoms with E-state index in [-0.39, 0.29) is 12.1 Å². The molecule has 3 aromatic carbocycles. The molecule has 0 fully saturated rings. The Labute approximate surface area is 163 Å². The molecule has 0 aliphatic rings. The number of para-hydroxylation sites is 1. The van der Waals surface area contributed by atoms with Gasteiger partial charge in [0.05, 0.1) is 16.8 Å². The summed E-state index contributed by atoms with van der Waals surface area (Å²) >= 11 is 0. The van der Waals surface area contributed by atoms with Gasteiger partial charge in [-0.2, -0.15) is 9.78 Å². The van der Waals surface area contributed by atoms with E-state index >= 15 is 0 Å². The molecule has 0 saturated heterocycles. The van der Waals surface area contributed by atoms with Crippen molar-refractivity contribution < 1.29 is 8.42 Å². The minimum absolute atomic E-state index is 0.188. The predicted octanol–water partition coefficient (Wildman–Crippen LogP) is 2.67. The molecule has 0 spiro atoms. The van der Waals surface area contributed by atoms with Crippen molar-refractivity contribution in [3.8, 4) is 16.9 Å². The molecule has 0 unspecified atom stereocenters. The van der Waals surface area contributed by atoms with Crippen molar-refractivity contribution in [2.75, 3.05) is 0 Å². The topological polar surface area (TPSA) is 81.1 Å². The first-order chi connectivity index (χ1) is 13.6. The summed E-state index contributed by atoms with van der Waals surface area (Å²) in [6.07, 6.45) is 0. The van der Waals surface area contributed by atoms with Crippen LogP contribution in [0.3, 0.4) is 0 Å². The molecule has 28 heavy (non-hydrogen) atoms. The van der Waals surface area contributed by atoms with Crippen molar-refractivity contribution in [2.24, 2.45) is 0 Å². The summed E-state index contributed by atoms with van der Waals surface area (Å²) < 4.78 is 25.4. The zero-order chi connectivity index (χ0) is 19.5. The molecule has 0 atom stereocenters. The van der Waals surface area contributed by atoms with Gasteiger partial charge >= 0.3 is 0 Å². The van der Waals surface area contributed by atoms with Crippen LogP contribution in [0.5, 0.6) is 0 Å². The Morgan fingerprint density at radius 2 is 1.57 bits per heavy atom. The van der Waals surface area contributed by atoms with Crippen LogP contribution in [0.1, 0.15) is 5.56 Å². The third-order valence-corrected chi connectivity index (χ3v) is 4.83. The summed E-state index contributed by atoms with van der Waals surface area (Å²) in [6.45, 7) is 0.197. The van der Waals surface area contributed by atoms with Crippen LogP contribution < -0.4 is 10.3 Å². The highest BCUT2D eigenvalue weighted by atomic mass is 32.2. The molecule has 0 radical (unpaired) electrons. The van der Waals surface area contributed by atoms with E-state index in [1.165, 1.54) is 4.68 Å². The van der Waals surface area contributed by atoms with Crippen molar-refractivity contribution in [1.82, 2.24) is 14.5 Å². The third kappa shape index (κ3) is 3.58. The van der Waals surface area contributed by atoms with E-state index in [1.54, 1.807) is 6.07 Å². The standard InChI is InChI=1S/C21H17N3O3S/c25-21-19-12-5-4-11-18(19)20(23-24(21)17-9-2-1-3-10-17)16-8-6-7-15(13-16)14-22-28(26)27/h1-13,28H,14H2,(H,22,26,27). The van der Waals surface area contributed by atoms with Gasteiger partial charge < -0.3 is 0 Å². The molecule has 1 aromatic heterocycles. The number of nitrogens with zero attached hydrogens (tertiary/aromatic N) is 2.